The summed E-state index contributed by atoms with van der Waals surface area (Å²) in [5.74, 6) is 0.0132. The maximum absolute atomic E-state index is 12.4. The highest BCUT2D eigenvalue weighted by molar-refractivity contribution is 7.80. The molecule has 0 aliphatic heterocycles. The van der Waals surface area contributed by atoms with Gasteiger partial charge in [0.25, 0.3) is 0 Å². The monoisotopic (exact) mass is 248 g/mol. The second-order valence-corrected chi connectivity index (χ2v) is 5.04. The van der Waals surface area contributed by atoms with Gasteiger partial charge in [0.05, 0.1) is 10.4 Å². The van der Waals surface area contributed by atoms with E-state index in [9.17, 15) is 4.79 Å². The van der Waals surface area contributed by atoms with E-state index in [1.807, 2.05) is 31.2 Å². The fourth-order valence-corrected chi connectivity index (χ4v) is 2.35. The average Bonchev–Trinajstić information content (AvgIpc) is 3.09. The molecule has 1 amide bonds. The zero-order valence-corrected chi connectivity index (χ0v) is 10.9. The number of para-hydroxylation sites is 1. The highest BCUT2D eigenvalue weighted by Crippen LogP contribution is 2.48. The van der Waals surface area contributed by atoms with E-state index in [0.717, 1.165) is 24.1 Å². The van der Waals surface area contributed by atoms with Gasteiger partial charge in [-0.3, -0.25) is 4.79 Å². The van der Waals surface area contributed by atoms with E-state index in [4.69, 9.17) is 18.0 Å². The standard InChI is InChI=1S/C13H16N2OS/c1-9-5-3-4-6-10(9)15(2)12(16)13(7-8-13)11(14)17/h3-6H,7-8H2,1-2H3,(H2,14,17). The molecule has 1 aliphatic rings. The number of anilines is 1. The lowest BCUT2D eigenvalue weighted by atomic mass is 10.0. The molecule has 0 heterocycles. The van der Waals surface area contributed by atoms with Crippen LogP contribution in [0.3, 0.4) is 0 Å². The maximum atomic E-state index is 12.4. The van der Waals surface area contributed by atoms with Crippen LogP contribution in [0.25, 0.3) is 0 Å². The van der Waals surface area contributed by atoms with Gasteiger partial charge in [-0.05, 0) is 31.4 Å². The molecule has 1 aromatic carbocycles. The first kappa shape index (κ1) is 12.0. The Labute approximate surface area is 107 Å². The van der Waals surface area contributed by atoms with Crippen LogP contribution in [0.5, 0.6) is 0 Å². The van der Waals surface area contributed by atoms with Crippen LogP contribution in [0, 0.1) is 12.3 Å². The summed E-state index contributed by atoms with van der Waals surface area (Å²) in [6.07, 6.45) is 1.55. The van der Waals surface area contributed by atoms with Gasteiger partial charge in [-0.2, -0.15) is 0 Å². The predicted octanol–water partition coefficient (Wildman–Crippen LogP) is 2.02. The minimum Gasteiger partial charge on any atom is -0.392 e. The second kappa shape index (κ2) is 4.11. The van der Waals surface area contributed by atoms with E-state index < -0.39 is 5.41 Å². The fourth-order valence-electron chi connectivity index (χ4n) is 2.06. The Morgan fingerprint density at radius 1 is 1.41 bits per heavy atom. The van der Waals surface area contributed by atoms with Gasteiger partial charge < -0.3 is 10.6 Å². The zero-order valence-electron chi connectivity index (χ0n) is 10.1. The molecule has 1 aliphatic carbocycles. The topological polar surface area (TPSA) is 46.3 Å². The lowest BCUT2D eigenvalue weighted by Gasteiger charge is -2.24. The van der Waals surface area contributed by atoms with Crippen LogP contribution >= 0.6 is 12.2 Å². The molecule has 0 radical (unpaired) electrons. The van der Waals surface area contributed by atoms with Crippen LogP contribution in [0.2, 0.25) is 0 Å². The molecule has 0 saturated heterocycles. The van der Waals surface area contributed by atoms with Gasteiger partial charge in [0.15, 0.2) is 0 Å². The summed E-state index contributed by atoms with van der Waals surface area (Å²) in [4.78, 5) is 14.4. The Morgan fingerprint density at radius 2 is 2.00 bits per heavy atom. The minimum atomic E-state index is -0.577. The first-order chi connectivity index (χ1) is 7.99. The molecule has 0 bridgehead atoms. The van der Waals surface area contributed by atoms with Crippen LogP contribution in [0.4, 0.5) is 5.69 Å². The van der Waals surface area contributed by atoms with Gasteiger partial charge >= 0.3 is 0 Å². The summed E-state index contributed by atoms with van der Waals surface area (Å²) >= 11 is 5.00. The molecule has 1 fully saturated rings. The normalized spacial score (nSPS) is 16.4. The van der Waals surface area contributed by atoms with Crippen molar-refractivity contribution in [3.8, 4) is 0 Å². The number of rotatable bonds is 3. The first-order valence-corrected chi connectivity index (χ1v) is 6.03. The summed E-state index contributed by atoms with van der Waals surface area (Å²) in [6, 6.07) is 7.80. The van der Waals surface area contributed by atoms with Gasteiger partial charge in [-0.1, -0.05) is 30.4 Å². The number of amides is 1. The largest absolute Gasteiger partial charge is 0.392 e. The highest BCUT2D eigenvalue weighted by atomic mass is 32.1. The minimum absolute atomic E-state index is 0.0132. The van der Waals surface area contributed by atoms with E-state index in [1.165, 1.54) is 0 Å². The molecule has 0 unspecified atom stereocenters. The van der Waals surface area contributed by atoms with Crippen molar-refractivity contribution in [2.45, 2.75) is 19.8 Å². The Morgan fingerprint density at radius 3 is 2.47 bits per heavy atom. The zero-order chi connectivity index (χ0) is 12.6. The van der Waals surface area contributed by atoms with Crippen molar-refractivity contribution in [2.75, 3.05) is 11.9 Å². The summed E-state index contributed by atoms with van der Waals surface area (Å²) < 4.78 is 0. The highest BCUT2D eigenvalue weighted by Gasteiger charge is 2.54. The number of nitrogens with two attached hydrogens (primary N) is 1. The number of thiocarbonyl (C=S) groups is 1. The molecule has 3 nitrogen and oxygen atoms in total. The third-order valence-corrected chi connectivity index (χ3v) is 3.80. The van der Waals surface area contributed by atoms with E-state index in [1.54, 1.807) is 11.9 Å². The summed E-state index contributed by atoms with van der Waals surface area (Å²) in [7, 11) is 1.78. The van der Waals surface area contributed by atoms with E-state index in [2.05, 4.69) is 0 Å². The summed E-state index contributed by atoms with van der Waals surface area (Å²) in [6.45, 7) is 1.99. The van der Waals surface area contributed by atoms with Crippen molar-refractivity contribution in [2.24, 2.45) is 11.1 Å². The van der Waals surface area contributed by atoms with Crippen molar-refractivity contribution in [3.63, 3.8) is 0 Å². The molecule has 0 aromatic heterocycles. The number of hydrogen-bond acceptors (Lipinski definition) is 2. The number of nitrogens with zero attached hydrogens (tertiary/aromatic N) is 1. The summed E-state index contributed by atoms with van der Waals surface area (Å²) in [5.41, 5.74) is 7.08. The van der Waals surface area contributed by atoms with Gasteiger partial charge in [-0.15, -0.1) is 0 Å². The molecule has 2 rings (SSSR count). The van der Waals surface area contributed by atoms with Crippen molar-refractivity contribution in [1.29, 1.82) is 0 Å². The molecule has 0 spiro atoms. The molecule has 1 saturated carbocycles. The molecule has 4 heteroatoms. The lowest BCUT2D eigenvalue weighted by Crippen LogP contribution is -2.41. The molecule has 0 atom stereocenters. The van der Waals surface area contributed by atoms with Gasteiger partial charge in [-0.25, -0.2) is 0 Å². The number of benzene rings is 1. The van der Waals surface area contributed by atoms with Crippen molar-refractivity contribution in [1.82, 2.24) is 0 Å². The molecular weight excluding hydrogens is 232 g/mol. The Kier molecular flexibility index (Phi) is 2.91. The molecule has 1 aromatic rings. The third kappa shape index (κ3) is 1.93. The number of carbonyl (C=O) groups is 1. The predicted molar refractivity (Wildman–Crippen MR) is 73.0 cm³/mol. The molecular formula is C13H16N2OS. The smallest absolute Gasteiger partial charge is 0.239 e. The van der Waals surface area contributed by atoms with Crippen LogP contribution in [0.1, 0.15) is 18.4 Å². The maximum Gasteiger partial charge on any atom is 0.239 e. The molecule has 17 heavy (non-hydrogen) atoms. The van der Waals surface area contributed by atoms with Crippen LogP contribution in [-0.2, 0) is 4.79 Å². The van der Waals surface area contributed by atoms with Gasteiger partial charge in [0.1, 0.15) is 0 Å². The van der Waals surface area contributed by atoms with Crippen molar-refractivity contribution < 1.29 is 4.79 Å². The first-order valence-electron chi connectivity index (χ1n) is 5.63. The quantitative estimate of drug-likeness (QED) is 0.832. The third-order valence-electron chi connectivity index (χ3n) is 3.41. The van der Waals surface area contributed by atoms with Crippen molar-refractivity contribution >= 4 is 28.8 Å². The average molecular weight is 248 g/mol. The van der Waals surface area contributed by atoms with Crippen LogP contribution in [0.15, 0.2) is 24.3 Å². The lowest BCUT2D eigenvalue weighted by molar-refractivity contribution is -0.121. The number of carbonyl (C=O) groups excluding carboxylic acids is 1. The van der Waals surface area contributed by atoms with Gasteiger partial charge in [0, 0.05) is 12.7 Å². The van der Waals surface area contributed by atoms with E-state index in [-0.39, 0.29) is 5.91 Å². The Hall–Kier alpha value is -1.42. The molecule has 2 N–H and O–H groups in total. The Bertz CT molecular complexity index is 480. The Balaban J connectivity index is 2.28. The van der Waals surface area contributed by atoms with Gasteiger partial charge in [0.2, 0.25) is 5.91 Å². The van der Waals surface area contributed by atoms with Crippen molar-refractivity contribution in [3.05, 3.63) is 29.8 Å². The van der Waals surface area contributed by atoms with Crippen LogP contribution < -0.4 is 10.6 Å². The number of hydrogen-bond donors (Lipinski definition) is 1. The second-order valence-electron chi connectivity index (χ2n) is 4.60. The SMILES string of the molecule is Cc1ccccc1N(C)C(=O)C1(C(N)=S)CC1. The van der Waals surface area contributed by atoms with Crippen LogP contribution in [-0.4, -0.2) is 17.9 Å². The fraction of sp³-hybridized carbons (Fsp3) is 0.385. The summed E-state index contributed by atoms with van der Waals surface area (Å²) in [5, 5.41) is 0. The van der Waals surface area contributed by atoms with E-state index in [0.29, 0.717) is 4.99 Å². The molecule has 90 valence electrons. The van der Waals surface area contributed by atoms with E-state index >= 15 is 0 Å². The number of aryl methyl sites for hydroxylation is 1.